The Balaban J connectivity index is 1.91. The maximum atomic E-state index is 11.9. The number of anilines is 1. The first kappa shape index (κ1) is 11.0. The van der Waals surface area contributed by atoms with E-state index in [9.17, 15) is 4.79 Å². The summed E-state index contributed by atoms with van der Waals surface area (Å²) in [4.78, 5) is 18.9. The molecule has 90 valence electrons. The lowest BCUT2D eigenvalue weighted by atomic mass is 10.2. The number of aromatic amines is 1. The smallest absolute Gasteiger partial charge is 0.257 e. The molecule has 0 amide bonds. The number of H-pyrrole nitrogens is 1. The standard InChI is InChI=1S/C13H11N3OS/c17-13-10-4-2-1-3-9(10)7-11(16-13)15-8-12-14-5-6-18-12/h1-7H,8H2,(H2,15,16,17). The van der Waals surface area contributed by atoms with Gasteiger partial charge in [-0.15, -0.1) is 11.3 Å². The average molecular weight is 257 g/mol. The van der Waals surface area contributed by atoms with Gasteiger partial charge in [0.05, 0.1) is 6.54 Å². The van der Waals surface area contributed by atoms with Crippen LogP contribution in [0.5, 0.6) is 0 Å². The molecule has 1 aromatic carbocycles. The zero-order valence-corrected chi connectivity index (χ0v) is 10.3. The van der Waals surface area contributed by atoms with E-state index in [1.54, 1.807) is 17.5 Å². The van der Waals surface area contributed by atoms with Gasteiger partial charge in [0.1, 0.15) is 10.8 Å². The van der Waals surface area contributed by atoms with Crippen LogP contribution in [-0.4, -0.2) is 9.97 Å². The summed E-state index contributed by atoms with van der Waals surface area (Å²) < 4.78 is 0. The summed E-state index contributed by atoms with van der Waals surface area (Å²) in [7, 11) is 0. The molecule has 0 bridgehead atoms. The van der Waals surface area contributed by atoms with Crippen molar-refractivity contribution in [3.63, 3.8) is 0 Å². The van der Waals surface area contributed by atoms with E-state index < -0.39 is 0 Å². The SMILES string of the molecule is O=c1[nH]c(NCc2nccs2)cc2ccccc12. The molecule has 0 spiro atoms. The van der Waals surface area contributed by atoms with Crippen LogP contribution < -0.4 is 10.9 Å². The number of fused-ring (bicyclic) bond motifs is 1. The van der Waals surface area contributed by atoms with E-state index in [2.05, 4.69) is 15.3 Å². The fourth-order valence-corrected chi connectivity index (χ4v) is 2.37. The number of rotatable bonds is 3. The van der Waals surface area contributed by atoms with Gasteiger partial charge in [-0.3, -0.25) is 4.79 Å². The Morgan fingerprint density at radius 3 is 3.06 bits per heavy atom. The maximum absolute atomic E-state index is 11.9. The van der Waals surface area contributed by atoms with Gasteiger partial charge in [0.25, 0.3) is 5.56 Å². The molecule has 18 heavy (non-hydrogen) atoms. The van der Waals surface area contributed by atoms with Crippen LogP contribution in [0.1, 0.15) is 5.01 Å². The zero-order valence-electron chi connectivity index (χ0n) is 9.51. The molecule has 0 unspecified atom stereocenters. The predicted molar refractivity (Wildman–Crippen MR) is 74.0 cm³/mol. The van der Waals surface area contributed by atoms with Crippen LogP contribution >= 0.6 is 11.3 Å². The Kier molecular flexibility index (Phi) is 2.82. The van der Waals surface area contributed by atoms with Gasteiger partial charge >= 0.3 is 0 Å². The summed E-state index contributed by atoms with van der Waals surface area (Å²) in [5.41, 5.74) is -0.0743. The van der Waals surface area contributed by atoms with Gasteiger partial charge in [-0.05, 0) is 17.5 Å². The molecule has 5 heteroatoms. The van der Waals surface area contributed by atoms with Gasteiger partial charge in [-0.1, -0.05) is 18.2 Å². The molecule has 2 N–H and O–H groups in total. The lowest BCUT2D eigenvalue weighted by molar-refractivity contribution is 1.07. The van der Waals surface area contributed by atoms with Crippen molar-refractivity contribution in [2.75, 3.05) is 5.32 Å². The first-order valence-electron chi connectivity index (χ1n) is 5.57. The molecule has 0 aliphatic heterocycles. The Morgan fingerprint density at radius 1 is 1.33 bits per heavy atom. The van der Waals surface area contributed by atoms with Gasteiger partial charge in [-0.2, -0.15) is 0 Å². The van der Waals surface area contributed by atoms with Crippen molar-refractivity contribution in [1.82, 2.24) is 9.97 Å². The van der Waals surface area contributed by atoms with E-state index in [1.165, 1.54) is 0 Å². The summed E-state index contributed by atoms with van der Waals surface area (Å²) in [6.45, 7) is 0.617. The minimum absolute atomic E-state index is 0.0743. The third-order valence-corrected chi connectivity index (χ3v) is 3.45. The Bertz CT molecular complexity index is 718. The van der Waals surface area contributed by atoms with Crippen molar-refractivity contribution in [1.29, 1.82) is 0 Å². The van der Waals surface area contributed by atoms with Gasteiger partial charge in [0, 0.05) is 17.0 Å². The van der Waals surface area contributed by atoms with Gasteiger partial charge in [-0.25, -0.2) is 4.98 Å². The highest BCUT2D eigenvalue weighted by molar-refractivity contribution is 7.09. The summed E-state index contributed by atoms with van der Waals surface area (Å²) in [6, 6.07) is 9.47. The molecular weight excluding hydrogens is 246 g/mol. The number of nitrogens with one attached hydrogen (secondary N) is 2. The number of thiazole rings is 1. The fraction of sp³-hybridized carbons (Fsp3) is 0.0769. The third kappa shape index (κ3) is 2.12. The number of hydrogen-bond acceptors (Lipinski definition) is 4. The van der Waals surface area contributed by atoms with Crippen molar-refractivity contribution in [2.45, 2.75) is 6.54 Å². The van der Waals surface area contributed by atoms with Crippen LogP contribution in [0.25, 0.3) is 10.8 Å². The lowest BCUT2D eigenvalue weighted by Gasteiger charge is -2.05. The Labute approximate surface area is 107 Å². The first-order chi connectivity index (χ1) is 8.83. The zero-order chi connectivity index (χ0) is 12.4. The molecule has 3 aromatic rings. The predicted octanol–water partition coefficient (Wildman–Crippen LogP) is 2.60. The van der Waals surface area contributed by atoms with E-state index in [0.717, 1.165) is 10.4 Å². The second-order valence-corrected chi connectivity index (χ2v) is 4.86. The monoisotopic (exact) mass is 257 g/mol. The van der Waals surface area contributed by atoms with Crippen LogP contribution in [0.3, 0.4) is 0 Å². The summed E-state index contributed by atoms with van der Waals surface area (Å²) >= 11 is 1.58. The van der Waals surface area contributed by atoms with Crippen molar-refractivity contribution in [3.05, 3.63) is 57.3 Å². The molecule has 0 aliphatic carbocycles. The highest BCUT2D eigenvalue weighted by atomic mass is 32.1. The maximum Gasteiger partial charge on any atom is 0.257 e. The second-order valence-electron chi connectivity index (χ2n) is 3.88. The summed E-state index contributed by atoms with van der Waals surface area (Å²) in [5.74, 6) is 0.717. The Hall–Kier alpha value is -2.14. The van der Waals surface area contributed by atoms with Crippen molar-refractivity contribution in [3.8, 4) is 0 Å². The molecule has 0 fully saturated rings. The van der Waals surface area contributed by atoms with Crippen molar-refractivity contribution >= 4 is 27.9 Å². The lowest BCUT2D eigenvalue weighted by Crippen LogP contribution is -2.10. The quantitative estimate of drug-likeness (QED) is 0.758. The van der Waals surface area contributed by atoms with Crippen LogP contribution in [0, 0.1) is 0 Å². The van der Waals surface area contributed by atoms with Crippen LogP contribution in [0.2, 0.25) is 0 Å². The topological polar surface area (TPSA) is 57.8 Å². The number of nitrogens with zero attached hydrogens (tertiary/aromatic N) is 1. The molecule has 2 heterocycles. The van der Waals surface area contributed by atoms with Gasteiger partial charge < -0.3 is 10.3 Å². The Morgan fingerprint density at radius 2 is 2.22 bits per heavy atom. The first-order valence-corrected chi connectivity index (χ1v) is 6.45. The van der Waals surface area contributed by atoms with Crippen LogP contribution in [0.4, 0.5) is 5.82 Å². The van der Waals surface area contributed by atoms with Crippen molar-refractivity contribution < 1.29 is 0 Å². The van der Waals surface area contributed by atoms with Gasteiger partial charge in [0.15, 0.2) is 0 Å². The molecule has 0 aliphatic rings. The van der Waals surface area contributed by atoms with E-state index in [1.807, 2.05) is 35.7 Å². The number of aromatic nitrogens is 2. The molecular formula is C13H11N3OS. The number of pyridine rings is 1. The van der Waals surface area contributed by atoms with E-state index in [0.29, 0.717) is 17.7 Å². The minimum atomic E-state index is -0.0743. The van der Waals surface area contributed by atoms with Gasteiger partial charge in [0.2, 0.25) is 0 Å². The fourth-order valence-electron chi connectivity index (χ4n) is 1.82. The third-order valence-electron chi connectivity index (χ3n) is 2.67. The van der Waals surface area contributed by atoms with Crippen molar-refractivity contribution in [2.24, 2.45) is 0 Å². The number of benzene rings is 1. The van der Waals surface area contributed by atoms with Crippen LogP contribution in [0.15, 0.2) is 46.7 Å². The molecule has 4 nitrogen and oxygen atoms in total. The van der Waals surface area contributed by atoms with E-state index >= 15 is 0 Å². The second kappa shape index (κ2) is 4.62. The summed E-state index contributed by atoms with van der Waals surface area (Å²) in [5, 5.41) is 7.73. The molecule has 3 rings (SSSR count). The molecule has 0 saturated carbocycles. The molecule has 0 saturated heterocycles. The largest absolute Gasteiger partial charge is 0.365 e. The highest BCUT2D eigenvalue weighted by Crippen LogP contribution is 2.13. The highest BCUT2D eigenvalue weighted by Gasteiger charge is 2.01. The molecule has 0 radical (unpaired) electrons. The minimum Gasteiger partial charge on any atom is -0.365 e. The number of hydrogen-bond donors (Lipinski definition) is 2. The van der Waals surface area contributed by atoms with Crippen LogP contribution in [-0.2, 0) is 6.54 Å². The molecule has 2 aromatic heterocycles. The normalized spacial score (nSPS) is 10.7. The van der Waals surface area contributed by atoms with E-state index in [-0.39, 0.29) is 5.56 Å². The van der Waals surface area contributed by atoms with E-state index in [4.69, 9.17) is 0 Å². The molecule has 0 atom stereocenters. The summed E-state index contributed by atoms with van der Waals surface area (Å²) in [6.07, 6.45) is 1.77. The average Bonchev–Trinajstić information content (AvgIpc) is 2.90.